The quantitative estimate of drug-likeness (QED) is 0.338. The largest absolute Gasteiger partial charge is 0.507 e. The first-order valence-corrected chi connectivity index (χ1v) is 10.1. The fraction of sp³-hybridized carbons (Fsp3) is 0.208. The van der Waals surface area contributed by atoms with Gasteiger partial charge < -0.3 is 29.5 Å². The van der Waals surface area contributed by atoms with Gasteiger partial charge in [-0.05, 0) is 38.1 Å². The van der Waals surface area contributed by atoms with E-state index < -0.39 is 57.8 Å². The first kappa shape index (κ1) is 22.1. The topological polar surface area (TPSA) is 150 Å². The van der Waals surface area contributed by atoms with Crippen LogP contribution in [0.25, 0.3) is 21.9 Å². The second-order valence-electron chi connectivity index (χ2n) is 8.26. The van der Waals surface area contributed by atoms with E-state index in [4.69, 9.17) is 8.83 Å². The summed E-state index contributed by atoms with van der Waals surface area (Å²) in [5, 5.41) is 34.3. The van der Waals surface area contributed by atoms with Crippen LogP contribution in [0.15, 0.2) is 67.0 Å². The molecule has 0 aliphatic rings. The summed E-state index contributed by atoms with van der Waals surface area (Å²) in [5.74, 6) is -3.87. The Hall–Kier alpha value is -4.11. The Morgan fingerprint density at radius 1 is 0.879 bits per heavy atom. The highest BCUT2D eigenvalue weighted by Crippen LogP contribution is 2.38. The van der Waals surface area contributed by atoms with Crippen molar-refractivity contribution in [3.8, 4) is 11.5 Å². The minimum Gasteiger partial charge on any atom is -0.507 e. The number of rotatable bonds is 5. The third kappa shape index (κ3) is 3.83. The first-order chi connectivity index (χ1) is 15.6. The molecule has 0 spiro atoms. The van der Waals surface area contributed by atoms with Crippen molar-refractivity contribution < 1.29 is 28.9 Å². The molecule has 0 saturated carbocycles. The van der Waals surface area contributed by atoms with Crippen LogP contribution in [0.1, 0.15) is 30.9 Å². The van der Waals surface area contributed by atoms with E-state index in [1.165, 1.54) is 38.1 Å². The predicted molar refractivity (Wildman–Crippen MR) is 119 cm³/mol. The zero-order valence-electron chi connectivity index (χ0n) is 17.8. The molecule has 2 heterocycles. The molecule has 2 aromatic carbocycles. The van der Waals surface area contributed by atoms with E-state index in [2.05, 4.69) is 5.32 Å². The van der Waals surface area contributed by atoms with E-state index in [9.17, 15) is 29.7 Å². The first-order valence-electron chi connectivity index (χ1n) is 10.1. The summed E-state index contributed by atoms with van der Waals surface area (Å²) < 4.78 is 10.6. The lowest BCUT2D eigenvalue weighted by atomic mass is 9.88. The van der Waals surface area contributed by atoms with Crippen LogP contribution in [-0.4, -0.2) is 33.4 Å². The molecule has 4 aromatic rings. The molecular formula is C24H21NO8. The number of aliphatic hydroxyl groups is 1. The number of carbonyl (C=O) groups excluding carboxylic acids is 1. The predicted octanol–water partition coefficient (Wildman–Crippen LogP) is 2.33. The summed E-state index contributed by atoms with van der Waals surface area (Å²) in [5.41, 5.74) is -4.22. The average molecular weight is 451 g/mol. The molecule has 0 bridgehead atoms. The van der Waals surface area contributed by atoms with Gasteiger partial charge in [0.1, 0.15) is 28.6 Å². The van der Waals surface area contributed by atoms with E-state index in [1.54, 1.807) is 24.3 Å². The summed E-state index contributed by atoms with van der Waals surface area (Å²) in [4.78, 5) is 39.2. The minimum absolute atomic E-state index is 0.0772. The van der Waals surface area contributed by atoms with Crippen LogP contribution >= 0.6 is 0 Å². The van der Waals surface area contributed by atoms with Crippen molar-refractivity contribution in [3.63, 3.8) is 0 Å². The summed E-state index contributed by atoms with van der Waals surface area (Å²) >= 11 is 0. The van der Waals surface area contributed by atoms with Gasteiger partial charge in [0.15, 0.2) is 0 Å². The second-order valence-corrected chi connectivity index (χ2v) is 8.26. The van der Waals surface area contributed by atoms with Crippen LogP contribution in [0, 0.1) is 0 Å². The fourth-order valence-corrected chi connectivity index (χ4v) is 3.66. The molecule has 1 amide bonds. The van der Waals surface area contributed by atoms with Gasteiger partial charge in [0.05, 0.1) is 34.0 Å². The Morgan fingerprint density at radius 3 is 1.73 bits per heavy atom. The maximum atomic E-state index is 13.4. The molecule has 4 rings (SSSR count). The van der Waals surface area contributed by atoms with Gasteiger partial charge in [0.2, 0.25) is 5.91 Å². The molecule has 2 aromatic heterocycles. The molecule has 0 aliphatic carbocycles. The van der Waals surface area contributed by atoms with Crippen molar-refractivity contribution in [1.29, 1.82) is 0 Å². The SMILES string of the molecule is CC(C)(CO)NC(=O)C(c1c(O)c2ccccc2oc1=O)c1c(O)c2ccccc2oc1=O. The Kier molecular flexibility index (Phi) is 5.43. The molecule has 9 heteroatoms. The summed E-state index contributed by atoms with van der Waals surface area (Å²) in [6, 6.07) is 12.3. The van der Waals surface area contributed by atoms with Gasteiger partial charge in [-0.15, -0.1) is 0 Å². The average Bonchev–Trinajstić information content (AvgIpc) is 2.77. The van der Waals surface area contributed by atoms with Crippen molar-refractivity contribution in [1.82, 2.24) is 5.32 Å². The van der Waals surface area contributed by atoms with Crippen molar-refractivity contribution in [2.45, 2.75) is 25.3 Å². The number of aliphatic hydroxyl groups excluding tert-OH is 1. The highest BCUT2D eigenvalue weighted by atomic mass is 16.4. The van der Waals surface area contributed by atoms with E-state index >= 15 is 0 Å². The molecule has 9 nitrogen and oxygen atoms in total. The molecule has 0 saturated heterocycles. The Labute approximate surface area is 186 Å². The number of carbonyl (C=O) groups is 1. The molecule has 0 atom stereocenters. The lowest BCUT2D eigenvalue weighted by molar-refractivity contribution is -0.124. The van der Waals surface area contributed by atoms with E-state index in [-0.39, 0.29) is 21.9 Å². The van der Waals surface area contributed by atoms with Crippen LogP contribution in [0.5, 0.6) is 11.5 Å². The zero-order valence-corrected chi connectivity index (χ0v) is 17.8. The van der Waals surface area contributed by atoms with Crippen molar-refractivity contribution in [3.05, 3.63) is 80.5 Å². The number of para-hydroxylation sites is 2. The normalized spacial score (nSPS) is 11.9. The number of fused-ring (bicyclic) bond motifs is 2. The highest BCUT2D eigenvalue weighted by Gasteiger charge is 2.38. The second kappa shape index (κ2) is 8.10. The number of nitrogens with one attached hydrogen (secondary N) is 1. The van der Waals surface area contributed by atoms with Crippen LogP contribution in [0.3, 0.4) is 0 Å². The van der Waals surface area contributed by atoms with Gasteiger partial charge in [-0.25, -0.2) is 9.59 Å². The molecule has 4 N–H and O–H groups in total. The van der Waals surface area contributed by atoms with Crippen LogP contribution in [-0.2, 0) is 4.79 Å². The standard InChI is InChI=1S/C24H21NO8/c1-24(2,11-26)25-21(29)16(17-19(27)12-7-3-5-9-14(12)32-22(17)30)18-20(28)13-8-4-6-10-15(13)33-23(18)31/h3-10,16,26-28H,11H2,1-2H3,(H,25,29). The molecular weight excluding hydrogens is 430 g/mol. The summed E-state index contributed by atoms with van der Waals surface area (Å²) in [7, 11) is 0. The van der Waals surface area contributed by atoms with Crippen LogP contribution in [0.4, 0.5) is 0 Å². The highest BCUT2D eigenvalue weighted by molar-refractivity contribution is 5.94. The molecule has 0 aliphatic heterocycles. The van der Waals surface area contributed by atoms with E-state index in [0.717, 1.165) is 0 Å². The number of aromatic hydroxyl groups is 2. The molecule has 0 unspecified atom stereocenters. The third-order valence-electron chi connectivity index (χ3n) is 5.34. The van der Waals surface area contributed by atoms with Crippen molar-refractivity contribution in [2.75, 3.05) is 6.61 Å². The smallest absolute Gasteiger partial charge is 0.344 e. The van der Waals surface area contributed by atoms with Crippen LogP contribution < -0.4 is 16.6 Å². The summed E-state index contributed by atoms with van der Waals surface area (Å²) in [6.45, 7) is 2.59. The van der Waals surface area contributed by atoms with Gasteiger partial charge >= 0.3 is 11.3 Å². The number of hydrogen-bond donors (Lipinski definition) is 4. The molecule has 0 radical (unpaired) electrons. The Bertz CT molecular complexity index is 1400. The maximum Gasteiger partial charge on any atom is 0.344 e. The maximum absolute atomic E-state index is 13.4. The number of amides is 1. The van der Waals surface area contributed by atoms with Crippen LogP contribution in [0.2, 0.25) is 0 Å². The Morgan fingerprint density at radius 2 is 1.30 bits per heavy atom. The summed E-state index contributed by atoms with van der Waals surface area (Å²) in [6.07, 6.45) is 0. The van der Waals surface area contributed by atoms with Gasteiger partial charge in [-0.2, -0.15) is 0 Å². The van der Waals surface area contributed by atoms with Gasteiger partial charge in [-0.3, -0.25) is 4.79 Å². The van der Waals surface area contributed by atoms with E-state index in [0.29, 0.717) is 0 Å². The molecule has 170 valence electrons. The molecule has 33 heavy (non-hydrogen) atoms. The lowest BCUT2D eigenvalue weighted by Crippen LogP contribution is -2.49. The van der Waals surface area contributed by atoms with E-state index in [1.807, 2.05) is 0 Å². The zero-order chi connectivity index (χ0) is 23.9. The van der Waals surface area contributed by atoms with Gasteiger partial charge in [0.25, 0.3) is 0 Å². The van der Waals surface area contributed by atoms with Gasteiger partial charge in [-0.1, -0.05) is 24.3 Å². The van der Waals surface area contributed by atoms with Crippen molar-refractivity contribution >= 4 is 27.8 Å². The minimum atomic E-state index is -1.79. The monoisotopic (exact) mass is 451 g/mol. The lowest BCUT2D eigenvalue weighted by Gasteiger charge is -2.27. The van der Waals surface area contributed by atoms with Crippen molar-refractivity contribution in [2.24, 2.45) is 0 Å². The molecule has 0 fully saturated rings. The fourth-order valence-electron chi connectivity index (χ4n) is 3.66. The third-order valence-corrected chi connectivity index (χ3v) is 5.34. The number of benzene rings is 2. The Balaban J connectivity index is 2.06. The number of hydrogen-bond acceptors (Lipinski definition) is 8. The van der Waals surface area contributed by atoms with Gasteiger partial charge in [0, 0.05) is 0 Å².